The van der Waals surface area contributed by atoms with Gasteiger partial charge in [0.25, 0.3) is 11.8 Å². The average Bonchev–Trinajstić information content (AvgIpc) is 2.74. The summed E-state index contributed by atoms with van der Waals surface area (Å²) in [6.07, 6.45) is -0.372. The van der Waals surface area contributed by atoms with Crippen LogP contribution < -0.4 is 10.9 Å². The predicted octanol–water partition coefficient (Wildman–Crippen LogP) is 3.25. The van der Waals surface area contributed by atoms with Gasteiger partial charge in [-0.25, -0.2) is 0 Å². The number of carbonyl (C=O) groups is 2. The van der Waals surface area contributed by atoms with Crippen molar-refractivity contribution >= 4 is 11.8 Å². The minimum absolute atomic E-state index is 0.191. The number of hydrazine groups is 1. The Labute approximate surface area is 158 Å². The molecule has 0 aliphatic heterocycles. The van der Waals surface area contributed by atoms with E-state index in [-0.39, 0.29) is 18.6 Å². The molecule has 0 saturated carbocycles. The van der Waals surface area contributed by atoms with Crippen LogP contribution in [0.5, 0.6) is 0 Å². The van der Waals surface area contributed by atoms with Crippen molar-refractivity contribution < 1.29 is 14.3 Å². The fourth-order valence-electron chi connectivity index (χ4n) is 2.62. The minimum Gasteiger partial charge on any atom is -0.359 e. The van der Waals surface area contributed by atoms with Gasteiger partial charge in [0, 0.05) is 5.56 Å². The van der Waals surface area contributed by atoms with Crippen LogP contribution in [0.25, 0.3) is 0 Å². The number of rotatable bonds is 6. The highest BCUT2D eigenvalue weighted by atomic mass is 16.5. The van der Waals surface area contributed by atoms with Crippen molar-refractivity contribution in [3.8, 4) is 0 Å². The molecule has 0 atom stereocenters. The Hall–Kier alpha value is -3.44. The standard InChI is InChI=1S/C22H20N2O3/c25-20(23-24-22(26)19-14-8-3-9-15-19)16-27-21(17-10-4-1-5-11-17)18-12-6-2-7-13-18/h1-15,21H,16H2,(H,23,25)(H,24,26). The second-order valence-electron chi connectivity index (χ2n) is 5.88. The van der Waals surface area contributed by atoms with E-state index in [0.717, 1.165) is 11.1 Å². The normalized spacial score (nSPS) is 10.4. The molecule has 5 nitrogen and oxygen atoms in total. The van der Waals surface area contributed by atoms with E-state index in [9.17, 15) is 9.59 Å². The fourth-order valence-corrected chi connectivity index (χ4v) is 2.62. The summed E-state index contributed by atoms with van der Waals surface area (Å²) < 4.78 is 5.85. The molecule has 3 aromatic rings. The summed E-state index contributed by atoms with van der Waals surface area (Å²) in [7, 11) is 0. The lowest BCUT2D eigenvalue weighted by Gasteiger charge is -2.19. The number of ether oxygens (including phenoxy) is 1. The van der Waals surface area contributed by atoms with Gasteiger partial charge in [0.2, 0.25) is 0 Å². The highest BCUT2D eigenvalue weighted by molar-refractivity contribution is 5.95. The third-order valence-electron chi connectivity index (χ3n) is 3.94. The quantitative estimate of drug-likeness (QED) is 0.663. The van der Waals surface area contributed by atoms with E-state index in [1.54, 1.807) is 24.3 Å². The van der Waals surface area contributed by atoms with Crippen LogP contribution in [0, 0.1) is 0 Å². The molecule has 136 valence electrons. The summed E-state index contributed by atoms with van der Waals surface area (Å²) in [5.74, 6) is -0.817. The van der Waals surface area contributed by atoms with Crippen molar-refractivity contribution in [2.75, 3.05) is 6.61 Å². The first-order valence-electron chi connectivity index (χ1n) is 8.60. The van der Waals surface area contributed by atoms with E-state index in [0.29, 0.717) is 5.56 Å². The summed E-state index contributed by atoms with van der Waals surface area (Å²) in [6.45, 7) is -0.191. The molecule has 0 aliphatic rings. The van der Waals surface area contributed by atoms with Crippen LogP contribution in [0.2, 0.25) is 0 Å². The van der Waals surface area contributed by atoms with E-state index >= 15 is 0 Å². The fraction of sp³-hybridized carbons (Fsp3) is 0.0909. The zero-order valence-electron chi connectivity index (χ0n) is 14.7. The smallest absolute Gasteiger partial charge is 0.269 e. The molecule has 0 saturated heterocycles. The molecule has 0 unspecified atom stereocenters. The Morgan fingerprint density at radius 2 is 1.19 bits per heavy atom. The first-order valence-corrected chi connectivity index (χ1v) is 8.60. The summed E-state index contributed by atoms with van der Waals surface area (Å²) in [6, 6.07) is 28.0. The molecule has 0 spiro atoms. The third-order valence-corrected chi connectivity index (χ3v) is 3.94. The van der Waals surface area contributed by atoms with Crippen LogP contribution in [0.1, 0.15) is 27.6 Å². The number of benzene rings is 3. The minimum atomic E-state index is -0.434. The lowest BCUT2D eigenvalue weighted by molar-refractivity contribution is -0.127. The van der Waals surface area contributed by atoms with E-state index in [1.807, 2.05) is 66.7 Å². The molecule has 0 bridgehead atoms. The molecule has 0 radical (unpaired) electrons. The van der Waals surface area contributed by atoms with Crippen LogP contribution in [-0.2, 0) is 9.53 Å². The Morgan fingerprint density at radius 1 is 0.704 bits per heavy atom. The van der Waals surface area contributed by atoms with Gasteiger partial charge >= 0.3 is 0 Å². The Kier molecular flexibility index (Phi) is 6.33. The van der Waals surface area contributed by atoms with Crippen LogP contribution in [0.15, 0.2) is 91.0 Å². The molecule has 0 aromatic heterocycles. The predicted molar refractivity (Wildman–Crippen MR) is 103 cm³/mol. The Bertz CT molecular complexity index is 828. The SMILES string of the molecule is O=C(COC(c1ccccc1)c1ccccc1)NNC(=O)c1ccccc1. The van der Waals surface area contributed by atoms with Gasteiger partial charge in [-0.1, -0.05) is 78.9 Å². The number of hydrogen-bond acceptors (Lipinski definition) is 3. The second kappa shape index (κ2) is 9.31. The first kappa shape index (κ1) is 18.4. The van der Waals surface area contributed by atoms with E-state index in [1.165, 1.54) is 0 Å². The van der Waals surface area contributed by atoms with Gasteiger partial charge in [0.05, 0.1) is 0 Å². The summed E-state index contributed by atoms with van der Waals surface area (Å²) in [5.41, 5.74) is 7.12. The second-order valence-corrected chi connectivity index (χ2v) is 5.88. The zero-order chi connectivity index (χ0) is 18.9. The molecule has 0 heterocycles. The van der Waals surface area contributed by atoms with Crippen molar-refractivity contribution in [2.24, 2.45) is 0 Å². The largest absolute Gasteiger partial charge is 0.359 e. The van der Waals surface area contributed by atoms with E-state index < -0.39 is 5.91 Å². The Balaban J connectivity index is 1.59. The lowest BCUT2D eigenvalue weighted by Crippen LogP contribution is -2.43. The number of nitrogens with one attached hydrogen (secondary N) is 2. The summed E-state index contributed by atoms with van der Waals surface area (Å²) >= 11 is 0. The van der Waals surface area contributed by atoms with Crippen molar-refractivity contribution in [2.45, 2.75) is 6.10 Å². The number of carbonyl (C=O) groups excluding carboxylic acids is 2. The molecule has 5 heteroatoms. The maximum atomic E-state index is 12.1. The van der Waals surface area contributed by atoms with Crippen molar-refractivity contribution in [1.29, 1.82) is 0 Å². The average molecular weight is 360 g/mol. The molecular weight excluding hydrogens is 340 g/mol. The van der Waals surface area contributed by atoms with Crippen molar-refractivity contribution in [1.82, 2.24) is 10.9 Å². The van der Waals surface area contributed by atoms with Gasteiger partial charge < -0.3 is 4.74 Å². The zero-order valence-corrected chi connectivity index (χ0v) is 14.7. The van der Waals surface area contributed by atoms with Gasteiger partial charge in [0.1, 0.15) is 12.7 Å². The topological polar surface area (TPSA) is 67.4 Å². The van der Waals surface area contributed by atoms with Gasteiger partial charge in [-0.05, 0) is 23.3 Å². The van der Waals surface area contributed by atoms with Gasteiger partial charge in [-0.15, -0.1) is 0 Å². The van der Waals surface area contributed by atoms with E-state index in [4.69, 9.17) is 4.74 Å². The molecule has 3 aromatic carbocycles. The molecule has 2 amide bonds. The molecule has 2 N–H and O–H groups in total. The summed E-state index contributed by atoms with van der Waals surface area (Å²) in [5, 5.41) is 0. The van der Waals surface area contributed by atoms with Crippen molar-refractivity contribution in [3.05, 3.63) is 108 Å². The maximum Gasteiger partial charge on any atom is 0.269 e. The maximum absolute atomic E-state index is 12.1. The monoisotopic (exact) mass is 360 g/mol. The van der Waals surface area contributed by atoms with Gasteiger partial charge in [-0.2, -0.15) is 0 Å². The van der Waals surface area contributed by atoms with Crippen molar-refractivity contribution in [3.63, 3.8) is 0 Å². The highest BCUT2D eigenvalue weighted by Crippen LogP contribution is 2.25. The molecule has 3 rings (SSSR count). The third kappa shape index (κ3) is 5.26. The van der Waals surface area contributed by atoms with E-state index in [2.05, 4.69) is 10.9 Å². The molecule has 0 aliphatic carbocycles. The Morgan fingerprint density at radius 3 is 1.70 bits per heavy atom. The van der Waals surface area contributed by atoms with Crippen LogP contribution in [0.3, 0.4) is 0 Å². The highest BCUT2D eigenvalue weighted by Gasteiger charge is 2.16. The van der Waals surface area contributed by atoms with Crippen LogP contribution in [0.4, 0.5) is 0 Å². The first-order chi connectivity index (χ1) is 13.2. The van der Waals surface area contributed by atoms with Crippen LogP contribution >= 0.6 is 0 Å². The van der Waals surface area contributed by atoms with Gasteiger partial charge in [0.15, 0.2) is 0 Å². The number of hydrogen-bond donors (Lipinski definition) is 2. The van der Waals surface area contributed by atoms with Crippen LogP contribution in [-0.4, -0.2) is 18.4 Å². The van der Waals surface area contributed by atoms with Gasteiger partial charge in [-0.3, -0.25) is 20.4 Å². The number of amides is 2. The summed E-state index contributed by atoms with van der Waals surface area (Å²) in [4.78, 5) is 24.1. The molecule has 27 heavy (non-hydrogen) atoms. The lowest BCUT2D eigenvalue weighted by atomic mass is 10.0. The molecular formula is C22H20N2O3. The molecule has 0 fully saturated rings.